The number of hydrogen-bond donors (Lipinski definition) is 0. The lowest BCUT2D eigenvalue weighted by molar-refractivity contribution is 0.00578. The first kappa shape index (κ1) is 13.9. The molecule has 0 bridgehead atoms. The van der Waals surface area contributed by atoms with Gasteiger partial charge >= 0.3 is 13.6 Å². The molecule has 3 heterocycles. The minimum Gasteiger partial charge on any atom is -0.554 e. The fourth-order valence-corrected chi connectivity index (χ4v) is 3.35. The molecule has 3 fully saturated rings. The van der Waals surface area contributed by atoms with Crippen molar-refractivity contribution in [2.45, 2.75) is 65.0 Å². The van der Waals surface area contributed by atoms with E-state index in [1.807, 2.05) is 0 Å². The largest absolute Gasteiger partial charge is 0.554 e. The second kappa shape index (κ2) is 3.98. The summed E-state index contributed by atoms with van der Waals surface area (Å²) in [4.78, 5) is 2.26. The summed E-state index contributed by atoms with van der Waals surface area (Å²) in [6.07, 6.45) is 0.318. The number of nitrogens with zero attached hydrogens (tertiary/aromatic N) is 1. The van der Waals surface area contributed by atoms with Crippen molar-refractivity contribution in [3.8, 4) is 0 Å². The van der Waals surface area contributed by atoms with Gasteiger partial charge in [-0.2, -0.15) is 0 Å². The van der Waals surface area contributed by atoms with Gasteiger partial charge in [-0.1, -0.05) is 0 Å². The van der Waals surface area contributed by atoms with Crippen LogP contribution in [0.1, 0.15) is 41.5 Å². The summed E-state index contributed by atoms with van der Waals surface area (Å²) in [6.45, 7) is 12.5. The zero-order valence-corrected chi connectivity index (χ0v) is 12.8. The predicted octanol–water partition coefficient (Wildman–Crippen LogP) is 1.24. The molecule has 3 aliphatic heterocycles. The molecular formula is C12H24B2NO4-. The van der Waals surface area contributed by atoms with Crippen molar-refractivity contribution in [1.29, 1.82) is 0 Å². The first-order valence-electron chi connectivity index (χ1n) is 7.27. The molecule has 0 aromatic rings. The number of rotatable bonds is 1. The molecule has 0 aromatic carbocycles. The Balaban J connectivity index is 1.89. The maximum atomic E-state index is 6.16. The molecule has 0 saturated carbocycles. The molecule has 5 nitrogen and oxygen atoms in total. The van der Waals surface area contributed by atoms with Crippen LogP contribution in [0.25, 0.3) is 0 Å². The van der Waals surface area contributed by atoms with Gasteiger partial charge in [-0.25, -0.2) is 0 Å². The Bertz CT molecular complexity index is 360. The van der Waals surface area contributed by atoms with E-state index in [0.29, 0.717) is 0 Å². The normalized spacial score (nSPS) is 44.8. The maximum absolute atomic E-state index is 6.16. The Morgan fingerprint density at radius 2 is 1.37 bits per heavy atom. The number of fused-ring (bicyclic) bond motifs is 1. The average molecular weight is 268 g/mol. The van der Waals surface area contributed by atoms with Gasteiger partial charge in [-0.3, -0.25) is 0 Å². The summed E-state index contributed by atoms with van der Waals surface area (Å²) in [5.74, 6) is 0. The monoisotopic (exact) mass is 268 g/mol. The first-order chi connectivity index (χ1) is 8.66. The van der Waals surface area contributed by atoms with Crippen LogP contribution in [0.5, 0.6) is 0 Å². The summed E-state index contributed by atoms with van der Waals surface area (Å²) in [5.41, 5.74) is -0.714. The van der Waals surface area contributed by atoms with Crippen molar-refractivity contribution in [1.82, 2.24) is 4.81 Å². The summed E-state index contributed by atoms with van der Waals surface area (Å²) in [5, 5.41) is 0. The standard InChI is InChI=1S/C12H24B2NO4/c1-9-7-15-8-10(2)17-14(15,16-9)13-18-11(3,4)12(5,6)19-13/h9-10H,7-8H2,1-6H3/q-1. The van der Waals surface area contributed by atoms with Gasteiger partial charge in [0.05, 0.1) is 11.2 Å². The van der Waals surface area contributed by atoms with Gasteiger partial charge in [-0.15, -0.1) is 0 Å². The van der Waals surface area contributed by atoms with Gasteiger partial charge < -0.3 is 23.4 Å². The molecule has 2 unspecified atom stereocenters. The number of hydrogen-bond acceptors (Lipinski definition) is 5. The highest BCUT2D eigenvalue weighted by molar-refractivity contribution is 7.21. The van der Waals surface area contributed by atoms with Crippen molar-refractivity contribution in [3.05, 3.63) is 0 Å². The molecule has 0 amide bonds. The topological polar surface area (TPSA) is 40.2 Å². The summed E-state index contributed by atoms with van der Waals surface area (Å²) < 4.78 is 24.6. The van der Waals surface area contributed by atoms with Crippen LogP contribution in [0.3, 0.4) is 0 Å². The van der Waals surface area contributed by atoms with Gasteiger partial charge in [0.2, 0.25) is 0 Å². The van der Waals surface area contributed by atoms with Gasteiger partial charge in [-0.05, 0) is 54.6 Å². The Kier molecular flexibility index (Phi) is 2.91. The third-order valence-electron chi connectivity index (χ3n) is 4.96. The average Bonchev–Trinajstić information content (AvgIpc) is 2.74. The van der Waals surface area contributed by atoms with Crippen molar-refractivity contribution in [2.75, 3.05) is 13.1 Å². The lowest BCUT2D eigenvalue weighted by Crippen LogP contribution is -2.62. The Labute approximate surface area is 116 Å². The Morgan fingerprint density at radius 3 is 1.79 bits per heavy atom. The van der Waals surface area contributed by atoms with Crippen LogP contribution < -0.4 is 0 Å². The molecule has 0 aliphatic carbocycles. The molecule has 3 rings (SSSR count). The van der Waals surface area contributed by atoms with Crippen molar-refractivity contribution < 1.29 is 18.6 Å². The molecule has 0 aromatic heterocycles. The third kappa shape index (κ3) is 1.90. The maximum Gasteiger partial charge on any atom is 0.349 e. The smallest absolute Gasteiger partial charge is 0.349 e. The molecule has 0 spiro atoms. The molecular weight excluding hydrogens is 244 g/mol. The molecule has 108 valence electrons. The zero-order valence-electron chi connectivity index (χ0n) is 12.8. The van der Waals surface area contributed by atoms with Crippen LogP contribution in [0.4, 0.5) is 0 Å². The molecule has 3 saturated heterocycles. The fraction of sp³-hybridized carbons (Fsp3) is 1.00. The van der Waals surface area contributed by atoms with E-state index in [4.69, 9.17) is 18.6 Å². The lowest BCUT2D eigenvalue weighted by atomic mass is 9.37. The van der Waals surface area contributed by atoms with Gasteiger partial charge in [0, 0.05) is 12.2 Å². The van der Waals surface area contributed by atoms with Crippen molar-refractivity contribution in [3.63, 3.8) is 0 Å². The van der Waals surface area contributed by atoms with Crippen molar-refractivity contribution >= 4 is 13.6 Å². The summed E-state index contributed by atoms with van der Waals surface area (Å²) in [6, 6.07) is 0. The third-order valence-corrected chi connectivity index (χ3v) is 4.96. The van der Waals surface area contributed by atoms with Crippen LogP contribution >= 0.6 is 0 Å². The molecule has 2 atom stereocenters. The minimum atomic E-state index is -1.64. The SMILES string of the molecule is CC1CN2CC(C)O[B-]2(B2OC(C)(C)C(C)(C)O2)O1. The first-order valence-corrected chi connectivity index (χ1v) is 7.27. The predicted molar refractivity (Wildman–Crippen MR) is 74.5 cm³/mol. The van der Waals surface area contributed by atoms with Crippen LogP contribution in [0.2, 0.25) is 0 Å². The molecule has 0 radical (unpaired) electrons. The van der Waals surface area contributed by atoms with E-state index in [-0.39, 0.29) is 23.4 Å². The molecule has 7 heteroatoms. The van der Waals surface area contributed by atoms with Gasteiger partial charge in [0.25, 0.3) is 0 Å². The highest BCUT2D eigenvalue weighted by Gasteiger charge is 2.63. The zero-order chi connectivity index (χ0) is 14.1. The summed E-state index contributed by atoms with van der Waals surface area (Å²) >= 11 is 0. The Morgan fingerprint density at radius 1 is 0.947 bits per heavy atom. The second-order valence-electron chi connectivity index (χ2n) is 7.20. The van der Waals surface area contributed by atoms with E-state index in [2.05, 4.69) is 46.4 Å². The summed E-state index contributed by atoms with van der Waals surface area (Å²) in [7, 11) is -0.445. The molecule has 0 N–H and O–H groups in total. The van der Waals surface area contributed by atoms with Crippen LogP contribution in [0.15, 0.2) is 0 Å². The van der Waals surface area contributed by atoms with Crippen LogP contribution in [0, 0.1) is 0 Å². The molecule has 19 heavy (non-hydrogen) atoms. The second-order valence-corrected chi connectivity index (χ2v) is 7.20. The van der Waals surface area contributed by atoms with E-state index in [1.165, 1.54) is 0 Å². The van der Waals surface area contributed by atoms with E-state index < -0.39 is 13.6 Å². The van der Waals surface area contributed by atoms with E-state index in [1.54, 1.807) is 0 Å². The van der Waals surface area contributed by atoms with Crippen LogP contribution in [-0.2, 0) is 18.6 Å². The quantitative estimate of drug-likeness (QED) is 0.669. The van der Waals surface area contributed by atoms with E-state index in [0.717, 1.165) is 13.1 Å². The van der Waals surface area contributed by atoms with E-state index in [9.17, 15) is 0 Å². The van der Waals surface area contributed by atoms with Gasteiger partial charge in [0.1, 0.15) is 0 Å². The van der Waals surface area contributed by atoms with Crippen LogP contribution in [-0.4, -0.2) is 54.9 Å². The van der Waals surface area contributed by atoms with Gasteiger partial charge in [0.15, 0.2) is 0 Å². The highest BCUT2D eigenvalue weighted by atomic mass is 16.7. The van der Waals surface area contributed by atoms with E-state index >= 15 is 0 Å². The Hall–Kier alpha value is -0.0701. The fourth-order valence-electron chi connectivity index (χ4n) is 3.35. The minimum absolute atomic E-state index is 0.159. The lowest BCUT2D eigenvalue weighted by Gasteiger charge is -2.39. The highest BCUT2D eigenvalue weighted by Crippen LogP contribution is 2.43. The van der Waals surface area contributed by atoms with Crippen molar-refractivity contribution in [2.24, 2.45) is 0 Å². The molecule has 3 aliphatic rings.